The van der Waals surface area contributed by atoms with Gasteiger partial charge in [-0.3, -0.25) is 0 Å². The quantitative estimate of drug-likeness (QED) is 0.864. The molecular formula is C20H20O5. The lowest BCUT2D eigenvalue weighted by Gasteiger charge is -2.44. The van der Waals surface area contributed by atoms with Crippen molar-refractivity contribution in [2.24, 2.45) is 11.8 Å². The van der Waals surface area contributed by atoms with Gasteiger partial charge in [-0.25, -0.2) is 0 Å². The van der Waals surface area contributed by atoms with Gasteiger partial charge in [0.25, 0.3) is 0 Å². The number of ether oxygens (including phenoxy) is 4. The molecule has 3 aliphatic rings. The maximum absolute atomic E-state index is 12.0. The van der Waals surface area contributed by atoms with Crippen molar-refractivity contribution in [3.05, 3.63) is 47.0 Å². The summed E-state index contributed by atoms with van der Waals surface area (Å²) >= 11 is 0. The fraction of sp³-hybridized carbons (Fsp3) is 0.400. The van der Waals surface area contributed by atoms with Crippen LogP contribution in [0.1, 0.15) is 30.5 Å². The molecule has 3 atom stereocenters. The van der Waals surface area contributed by atoms with Gasteiger partial charge in [-0.1, -0.05) is 26.0 Å². The Kier molecular flexibility index (Phi) is 3.01. The molecule has 25 heavy (non-hydrogen) atoms. The highest BCUT2D eigenvalue weighted by molar-refractivity contribution is 5.60. The van der Waals surface area contributed by atoms with Gasteiger partial charge in [0.15, 0.2) is 23.0 Å². The van der Waals surface area contributed by atoms with Gasteiger partial charge in [-0.2, -0.15) is 0 Å². The maximum Gasteiger partial charge on any atom is 0.231 e. The lowest BCUT2D eigenvalue weighted by molar-refractivity contribution is -0.0118. The van der Waals surface area contributed by atoms with Crippen molar-refractivity contribution in [2.45, 2.75) is 25.9 Å². The molecule has 5 heteroatoms. The lowest BCUT2D eigenvalue weighted by atomic mass is 9.64. The molecule has 0 saturated carbocycles. The maximum atomic E-state index is 12.0. The minimum Gasteiger partial charge on any atom is -0.454 e. The molecule has 5 nitrogen and oxygen atoms in total. The third kappa shape index (κ3) is 1.93. The van der Waals surface area contributed by atoms with Crippen LogP contribution >= 0.6 is 0 Å². The second-order valence-corrected chi connectivity index (χ2v) is 7.14. The zero-order chi connectivity index (χ0) is 17.2. The van der Waals surface area contributed by atoms with Gasteiger partial charge in [-0.05, 0) is 47.6 Å². The van der Waals surface area contributed by atoms with Crippen LogP contribution in [-0.2, 0) is 12.0 Å². The summed E-state index contributed by atoms with van der Waals surface area (Å²) in [5, 5.41) is 12.0. The molecule has 0 fully saturated rings. The van der Waals surface area contributed by atoms with Crippen molar-refractivity contribution < 1.29 is 24.1 Å². The van der Waals surface area contributed by atoms with E-state index < -0.39 is 5.60 Å². The molecule has 1 N–H and O–H groups in total. The first-order chi connectivity index (χ1) is 12.1. The number of rotatable bonds is 1. The summed E-state index contributed by atoms with van der Waals surface area (Å²) in [6, 6.07) is 9.64. The summed E-state index contributed by atoms with van der Waals surface area (Å²) in [5.41, 5.74) is 1.55. The van der Waals surface area contributed by atoms with Crippen LogP contribution in [0, 0.1) is 11.8 Å². The average molecular weight is 340 g/mol. The zero-order valence-corrected chi connectivity index (χ0v) is 14.2. The van der Waals surface area contributed by atoms with Crippen LogP contribution in [0.2, 0.25) is 0 Å². The Morgan fingerprint density at radius 1 is 0.920 bits per heavy atom. The van der Waals surface area contributed by atoms with E-state index in [0.717, 1.165) is 23.1 Å². The van der Waals surface area contributed by atoms with Crippen LogP contribution < -0.4 is 18.9 Å². The van der Waals surface area contributed by atoms with Crippen molar-refractivity contribution >= 4 is 0 Å². The van der Waals surface area contributed by atoms with Gasteiger partial charge < -0.3 is 24.1 Å². The fourth-order valence-electron chi connectivity index (χ4n) is 4.31. The van der Waals surface area contributed by atoms with E-state index in [2.05, 4.69) is 13.8 Å². The van der Waals surface area contributed by atoms with Gasteiger partial charge in [0.1, 0.15) is 5.60 Å². The highest BCUT2D eigenvalue weighted by Gasteiger charge is 2.48. The lowest BCUT2D eigenvalue weighted by Crippen LogP contribution is -2.43. The number of hydrogen-bond acceptors (Lipinski definition) is 5. The van der Waals surface area contributed by atoms with Crippen LogP contribution in [0.3, 0.4) is 0 Å². The Labute approximate surface area is 146 Å². The Hall–Kier alpha value is -2.40. The SMILES string of the molecule is C[C@H]1Cc2ccc3c(c2[C@](O)(c2ccc4c(c2)OCO4)[C@H]1C)OCO3. The van der Waals surface area contributed by atoms with Crippen LogP contribution in [0.25, 0.3) is 0 Å². The molecule has 130 valence electrons. The number of aliphatic hydroxyl groups is 1. The van der Waals surface area contributed by atoms with Gasteiger partial charge in [0.2, 0.25) is 13.6 Å². The average Bonchev–Trinajstić information content (AvgIpc) is 3.27. The Balaban J connectivity index is 1.76. The van der Waals surface area contributed by atoms with E-state index in [1.54, 1.807) is 0 Å². The predicted molar refractivity (Wildman–Crippen MR) is 90.2 cm³/mol. The summed E-state index contributed by atoms with van der Waals surface area (Å²) in [5.74, 6) is 3.07. The van der Waals surface area contributed by atoms with E-state index >= 15 is 0 Å². The largest absolute Gasteiger partial charge is 0.454 e. The topological polar surface area (TPSA) is 57.2 Å². The molecule has 2 aromatic rings. The molecule has 0 aromatic heterocycles. The smallest absolute Gasteiger partial charge is 0.231 e. The number of hydrogen-bond donors (Lipinski definition) is 1. The summed E-state index contributed by atoms with van der Waals surface area (Å²) < 4.78 is 22.2. The Bertz CT molecular complexity index is 861. The van der Waals surface area contributed by atoms with Gasteiger partial charge in [-0.15, -0.1) is 0 Å². The molecule has 5 rings (SSSR count). The summed E-state index contributed by atoms with van der Waals surface area (Å²) in [7, 11) is 0. The van der Waals surface area contributed by atoms with E-state index in [4.69, 9.17) is 18.9 Å². The predicted octanol–water partition coefficient (Wildman–Crippen LogP) is 3.21. The highest BCUT2D eigenvalue weighted by atomic mass is 16.7. The van der Waals surface area contributed by atoms with Gasteiger partial charge >= 0.3 is 0 Å². The van der Waals surface area contributed by atoms with Crippen LogP contribution in [-0.4, -0.2) is 18.7 Å². The normalized spacial score (nSPS) is 28.8. The Morgan fingerprint density at radius 2 is 1.64 bits per heavy atom. The standard InChI is InChI=1S/C20H20O5/c1-11-7-13-3-5-16-19(25-10-23-16)18(13)20(21,12(11)2)14-4-6-15-17(8-14)24-9-22-15/h3-6,8,11-12,21H,7,9-10H2,1-2H3/t11-,12-,20+/m0/s1. The fourth-order valence-corrected chi connectivity index (χ4v) is 4.31. The van der Waals surface area contributed by atoms with Gasteiger partial charge in [0, 0.05) is 5.56 Å². The second kappa shape index (κ2) is 5.05. The summed E-state index contributed by atoms with van der Waals surface area (Å²) in [6.07, 6.45) is 0.903. The first-order valence-corrected chi connectivity index (χ1v) is 8.63. The van der Waals surface area contributed by atoms with Crippen molar-refractivity contribution in [1.29, 1.82) is 0 Å². The molecule has 0 radical (unpaired) electrons. The van der Waals surface area contributed by atoms with Crippen molar-refractivity contribution in [2.75, 3.05) is 13.6 Å². The van der Waals surface area contributed by atoms with Crippen molar-refractivity contribution in [3.63, 3.8) is 0 Å². The van der Waals surface area contributed by atoms with Crippen LogP contribution in [0.15, 0.2) is 30.3 Å². The number of benzene rings is 2. The molecule has 0 bridgehead atoms. The molecule has 2 heterocycles. The van der Waals surface area contributed by atoms with E-state index in [1.165, 1.54) is 0 Å². The second-order valence-electron chi connectivity index (χ2n) is 7.14. The summed E-state index contributed by atoms with van der Waals surface area (Å²) in [6.45, 7) is 4.67. The van der Waals surface area contributed by atoms with E-state index in [9.17, 15) is 5.11 Å². The van der Waals surface area contributed by atoms with E-state index in [1.807, 2.05) is 30.3 Å². The van der Waals surface area contributed by atoms with Crippen LogP contribution in [0.5, 0.6) is 23.0 Å². The molecular weight excluding hydrogens is 320 g/mol. The number of fused-ring (bicyclic) bond motifs is 4. The van der Waals surface area contributed by atoms with E-state index in [-0.39, 0.29) is 19.5 Å². The highest BCUT2D eigenvalue weighted by Crippen LogP contribution is 2.54. The molecule has 2 aliphatic heterocycles. The monoisotopic (exact) mass is 340 g/mol. The first-order valence-electron chi connectivity index (χ1n) is 8.63. The molecule has 0 saturated heterocycles. The third-order valence-corrected chi connectivity index (χ3v) is 5.87. The van der Waals surface area contributed by atoms with Crippen molar-refractivity contribution in [3.8, 4) is 23.0 Å². The minimum absolute atomic E-state index is 0.0103. The molecule has 2 aromatic carbocycles. The summed E-state index contributed by atoms with van der Waals surface area (Å²) in [4.78, 5) is 0. The third-order valence-electron chi connectivity index (χ3n) is 5.87. The molecule has 0 amide bonds. The molecule has 0 spiro atoms. The zero-order valence-electron chi connectivity index (χ0n) is 14.2. The van der Waals surface area contributed by atoms with Crippen LogP contribution in [0.4, 0.5) is 0 Å². The first kappa shape index (κ1) is 14.9. The molecule has 1 aliphatic carbocycles. The van der Waals surface area contributed by atoms with Gasteiger partial charge in [0.05, 0.1) is 0 Å². The van der Waals surface area contributed by atoms with E-state index in [0.29, 0.717) is 28.9 Å². The van der Waals surface area contributed by atoms with Crippen molar-refractivity contribution in [1.82, 2.24) is 0 Å². The minimum atomic E-state index is -1.17. The Morgan fingerprint density at radius 3 is 2.52 bits per heavy atom. The molecule has 0 unspecified atom stereocenters.